The monoisotopic (exact) mass is 305 g/mol. The molecule has 0 saturated heterocycles. The van der Waals surface area contributed by atoms with Crippen molar-refractivity contribution in [2.75, 3.05) is 5.73 Å². The number of nitrogens with zero attached hydrogens (tertiary/aromatic N) is 2. The first-order chi connectivity index (χ1) is 9.88. The minimum Gasteiger partial charge on any atom is -0.384 e. The zero-order chi connectivity index (χ0) is 15.5. The number of nitrogen functional groups attached to an aromatic ring is 1. The van der Waals surface area contributed by atoms with Gasteiger partial charge in [0.25, 0.3) is 0 Å². The quantitative estimate of drug-likeness (QED) is 0.689. The van der Waals surface area contributed by atoms with Crippen LogP contribution in [0.1, 0.15) is 18.1 Å². The number of aromatic nitrogens is 1. The molecule has 0 aliphatic rings. The molecule has 0 unspecified atom stereocenters. The van der Waals surface area contributed by atoms with Crippen LogP contribution in [0.5, 0.6) is 0 Å². The molecule has 0 aliphatic heterocycles. The number of oxime groups is 1. The molecule has 6 nitrogen and oxygen atoms in total. The first-order valence-corrected chi connectivity index (χ1v) is 7.56. The minimum absolute atomic E-state index is 0.0545. The van der Waals surface area contributed by atoms with Gasteiger partial charge in [-0.1, -0.05) is 22.9 Å². The van der Waals surface area contributed by atoms with Crippen molar-refractivity contribution in [1.82, 2.24) is 4.98 Å². The molecular formula is C14H15N3O3S. The molecule has 0 amide bonds. The van der Waals surface area contributed by atoms with Crippen molar-refractivity contribution in [3.63, 3.8) is 0 Å². The predicted octanol–water partition coefficient (Wildman–Crippen LogP) is 2.10. The third kappa shape index (κ3) is 3.79. The Bertz CT molecular complexity index is 768. The molecule has 0 atom stereocenters. The van der Waals surface area contributed by atoms with Crippen LogP contribution in [0.25, 0.3) is 0 Å². The van der Waals surface area contributed by atoms with Crippen LogP contribution >= 0.6 is 0 Å². The molecule has 1 aromatic carbocycles. The smallest absolute Gasteiger partial charge is 0.358 e. The molecule has 0 fully saturated rings. The van der Waals surface area contributed by atoms with Crippen molar-refractivity contribution in [2.24, 2.45) is 5.16 Å². The third-order valence-electron chi connectivity index (χ3n) is 2.78. The first-order valence-electron chi connectivity index (χ1n) is 6.15. The highest BCUT2D eigenvalue weighted by Gasteiger charge is 2.15. The molecular weight excluding hydrogens is 290 g/mol. The van der Waals surface area contributed by atoms with Crippen molar-refractivity contribution in [1.29, 1.82) is 0 Å². The second-order valence-corrected chi connectivity index (χ2v) is 6.02. The molecule has 1 aromatic heterocycles. The first kappa shape index (κ1) is 15.0. The molecule has 21 heavy (non-hydrogen) atoms. The number of anilines is 1. The maximum Gasteiger partial charge on any atom is 0.358 e. The topological polar surface area (TPSA) is 94.6 Å². The molecule has 0 spiro atoms. The number of pyridine rings is 1. The van der Waals surface area contributed by atoms with Crippen molar-refractivity contribution in [3.8, 4) is 0 Å². The highest BCUT2D eigenvalue weighted by atomic mass is 32.2. The van der Waals surface area contributed by atoms with Crippen LogP contribution in [0.2, 0.25) is 0 Å². The van der Waals surface area contributed by atoms with Crippen LogP contribution in [-0.2, 0) is 14.4 Å². The van der Waals surface area contributed by atoms with Crippen molar-refractivity contribution < 1.29 is 12.7 Å². The summed E-state index contributed by atoms with van der Waals surface area (Å²) in [4.78, 5) is 3.91. The minimum atomic E-state index is -3.92. The Kier molecular flexibility index (Phi) is 4.23. The van der Waals surface area contributed by atoms with Gasteiger partial charge >= 0.3 is 10.1 Å². The number of rotatable bonds is 4. The third-order valence-corrected chi connectivity index (χ3v) is 3.90. The summed E-state index contributed by atoms with van der Waals surface area (Å²) in [5.41, 5.74) is 7.55. The Hall–Kier alpha value is -2.41. The fraction of sp³-hybridized carbons (Fsp3) is 0.143. The van der Waals surface area contributed by atoms with Crippen molar-refractivity contribution >= 4 is 21.6 Å². The van der Waals surface area contributed by atoms with E-state index in [2.05, 4.69) is 10.1 Å². The van der Waals surface area contributed by atoms with E-state index in [1.165, 1.54) is 18.3 Å². The molecule has 1 heterocycles. The normalized spacial score (nSPS) is 12.2. The van der Waals surface area contributed by atoms with Gasteiger partial charge in [0.2, 0.25) is 0 Å². The average molecular weight is 305 g/mol. The molecule has 0 saturated carbocycles. The van der Waals surface area contributed by atoms with E-state index >= 15 is 0 Å². The standard InChI is InChI=1S/C14H15N3O3S/c1-10-3-5-13(6-4-10)21(18,19)20-17-11(2)12-7-8-16-14(15)9-12/h3-9H,1-2H3,(H2,15,16)/b17-11-. The molecule has 2 rings (SSSR count). The maximum atomic E-state index is 12.0. The highest BCUT2D eigenvalue weighted by Crippen LogP contribution is 2.14. The van der Waals surface area contributed by atoms with Crippen LogP contribution < -0.4 is 5.73 Å². The van der Waals surface area contributed by atoms with Crippen LogP contribution in [0, 0.1) is 6.92 Å². The highest BCUT2D eigenvalue weighted by molar-refractivity contribution is 7.86. The average Bonchev–Trinajstić information content (AvgIpc) is 2.45. The van der Waals surface area contributed by atoms with E-state index in [-0.39, 0.29) is 4.90 Å². The number of nitrogens with two attached hydrogens (primary N) is 1. The van der Waals surface area contributed by atoms with Gasteiger partial charge in [0, 0.05) is 11.8 Å². The molecule has 0 bridgehead atoms. The van der Waals surface area contributed by atoms with Crippen molar-refractivity contribution in [2.45, 2.75) is 18.7 Å². The Morgan fingerprint density at radius 1 is 1.24 bits per heavy atom. The Balaban J connectivity index is 2.21. The lowest BCUT2D eigenvalue weighted by molar-refractivity contribution is 0.339. The predicted molar refractivity (Wildman–Crippen MR) is 80.3 cm³/mol. The summed E-state index contributed by atoms with van der Waals surface area (Å²) >= 11 is 0. The van der Waals surface area contributed by atoms with Gasteiger partial charge in [-0.3, -0.25) is 4.28 Å². The molecule has 2 aromatic rings. The van der Waals surface area contributed by atoms with E-state index in [9.17, 15) is 8.42 Å². The maximum absolute atomic E-state index is 12.0. The van der Waals surface area contributed by atoms with Crippen LogP contribution in [0.4, 0.5) is 5.82 Å². The largest absolute Gasteiger partial charge is 0.384 e. The zero-order valence-corrected chi connectivity index (χ0v) is 12.5. The van der Waals surface area contributed by atoms with E-state index in [0.29, 0.717) is 17.1 Å². The Morgan fingerprint density at radius 3 is 2.52 bits per heavy atom. The summed E-state index contributed by atoms with van der Waals surface area (Å²) in [6.07, 6.45) is 1.51. The summed E-state index contributed by atoms with van der Waals surface area (Å²) < 4.78 is 28.7. The number of aryl methyl sites for hydroxylation is 1. The SMILES string of the molecule is C/C(=N/OS(=O)(=O)c1ccc(C)cc1)c1ccnc(N)c1. The van der Waals surface area contributed by atoms with Crippen LogP contribution in [0.15, 0.2) is 52.6 Å². The molecule has 0 radical (unpaired) electrons. The van der Waals surface area contributed by atoms with Gasteiger partial charge in [-0.25, -0.2) is 4.98 Å². The zero-order valence-electron chi connectivity index (χ0n) is 11.6. The van der Waals surface area contributed by atoms with E-state index < -0.39 is 10.1 Å². The van der Waals surface area contributed by atoms with Gasteiger partial charge in [0.05, 0.1) is 5.71 Å². The van der Waals surface area contributed by atoms with Crippen LogP contribution in [0.3, 0.4) is 0 Å². The molecule has 2 N–H and O–H groups in total. The number of benzene rings is 1. The van der Waals surface area contributed by atoms with E-state index in [4.69, 9.17) is 10.0 Å². The van der Waals surface area contributed by atoms with Crippen LogP contribution in [-0.4, -0.2) is 19.1 Å². The van der Waals surface area contributed by atoms with E-state index in [1.54, 1.807) is 31.2 Å². The van der Waals surface area contributed by atoms with Gasteiger partial charge < -0.3 is 5.73 Å². The Labute approximate surface area is 123 Å². The Morgan fingerprint density at radius 2 is 1.90 bits per heavy atom. The van der Waals surface area contributed by atoms with Gasteiger partial charge in [-0.2, -0.15) is 8.42 Å². The van der Waals surface area contributed by atoms with Gasteiger partial charge in [-0.15, -0.1) is 0 Å². The molecule has 7 heteroatoms. The fourth-order valence-electron chi connectivity index (χ4n) is 1.58. The number of hydrogen-bond donors (Lipinski definition) is 1. The summed E-state index contributed by atoms with van der Waals surface area (Å²) in [5.74, 6) is 0.323. The van der Waals surface area contributed by atoms with E-state index in [1.807, 2.05) is 6.92 Å². The second-order valence-electron chi connectivity index (χ2n) is 4.49. The fourth-order valence-corrected chi connectivity index (χ4v) is 2.34. The lowest BCUT2D eigenvalue weighted by Gasteiger charge is -2.04. The number of hydrogen-bond acceptors (Lipinski definition) is 6. The lowest BCUT2D eigenvalue weighted by Crippen LogP contribution is -2.05. The molecule has 0 aliphatic carbocycles. The van der Waals surface area contributed by atoms with Gasteiger partial charge in [0.1, 0.15) is 10.7 Å². The second kappa shape index (κ2) is 5.92. The van der Waals surface area contributed by atoms with E-state index in [0.717, 1.165) is 5.56 Å². The van der Waals surface area contributed by atoms with Gasteiger partial charge in [-0.05, 0) is 38.1 Å². The summed E-state index contributed by atoms with van der Waals surface area (Å²) in [6, 6.07) is 9.57. The summed E-state index contributed by atoms with van der Waals surface area (Å²) in [6.45, 7) is 3.49. The van der Waals surface area contributed by atoms with Gasteiger partial charge in [0.15, 0.2) is 0 Å². The molecule has 110 valence electrons. The summed E-state index contributed by atoms with van der Waals surface area (Å²) in [7, 11) is -3.92. The summed E-state index contributed by atoms with van der Waals surface area (Å²) in [5, 5.41) is 3.65. The van der Waals surface area contributed by atoms with Crippen molar-refractivity contribution in [3.05, 3.63) is 53.7 Å². The lowest BCUT2D eigenvalue weighted by atomic mass is 10.2.